The Morgan fingerprint density at radius 3 is 2.60 bits per heavy atom. The molecule has 164 valence electrons. The molecule has 1 aliphatic heterocycles. The summed E-state index contributed by atoms with van der Waals surface area (Å²) < 4.78 is 28.0. The minimum absolute atomic E-state index is 0.131. The highest BCUT2D eigenvalue weighted by Crippen LogP contribution is 2.23. The van der Waals surface area contributed by atoms with Crippen molar-refractivity contribution >= 4 is 22.7 Å². The molecular formula is C21H28FN3O5. The number of amides is 1. The quantitative estimate of drug-likeness (QED) is 0.817. The number of benzene rings is 1. The Kier molecular flexibility index (Phi) is 6.03. The van der Waals surface area contributed by atoms with Crippen LogP contribution in [0.2, 0.25) is 0 Å². The van der Waals surface area contributed by atoms with Gasteiger partial charge in [-0.2, -0.15) is 0 Å². The van der Waals surface area contributed by atoms with Crippen LogP contribution in [0.5, 0.6) is 0 Å². The van der Waals surface area contributed by atoms with Gasteiger partial charge in [0.1, 0.15) is 11.4 Å². The second-order valence-electron chi connectivity index (χ2n) is 8.77. The Balaban J connectivity index is 2.13. The summed E-state index contributed by atoms with van der Waals surface area (Å²) in [6.07, 6.45) is 0.590. The molecule has 1 aromatic heterocycles. The van der Waals surface area contributed by atoms with Crippen LogP contribution in [-0.4, -0.2) is 33.5 Å². The van der Waals surface area contributed by atoms with E-state index in [1.165, 1.54) is 10.6 Å². The lowest BCUT2D eigenvalue weighted by atomic mass is 10.1. The molecule has 0 unspecified atom stereocenters. The third-order valence-electron chi connectivity index (χ3n) is 4.82. The van der Waals surface area contributed by atoms with E-state index >= 15 is 0 Å². The highest BCUT2D eigenvalue weighted by Gasteiger charge is 2.23. The highest BCUT2D eigenvalue weighted by atomic mass is 19.1. The van der Waals surface area contributed by atoms with E-state index in [1.54, 1.807) is 34.6 Å². The first-order chi connectivity index (χ1) is 14.0. The lowest BCUT2D eigenvalue weighted by molar-refractivity contribution is 0.0635. The lowest BCUT2D eigenvalue weighted by Crippen LogP contribution is -2.43. The molecule has 1 atom stereocenters. The van der Waals surface area contributed by atoms with Gasteiger partial charge in [-0.25, -0.2) is 14.0 Å². The van der Waals surface area contributed by atoms with E-state index in [9.17, 15) is 18.8 Å². The predicted molar refractivity (Wildman–Crippen MR) is 112 cm³/mol. The minimum atomic E-state index is -0.836. The number of ether oxygens (including phenoxy) is 2. The van der Waals surface area contributed by atoms with Crippen molar-refractivity contribution in [3.8, 4) is 0 Å². The minimum Gasteiger partial charge on any atom is -0.444 e. The van der Waals surface area contributed by atoms with E-state index in [0.717, 1.165) is 23.5 Å². The zero-order valence-electron chi connectivity index (χ0n) is 18.0. The van der Waals surface area contributed by atoms with Gasteiger partial charge in [0.05, 0.1) is 29.2 Å². The molecule has 2 aromatic rings. The second-order valence-corrected chi connectivity index (χ2v) is 8.77. The van der Waals surface area contributed by atoms with E-state index in [-0.39, 0.29) is 35.3 Å². The Morgan fingerprint density at radius 1 is 1.33 bits per heavy atom. The fourth-order valence-corrected chi connectivity index (χ4v) is 3.56. The molecule has 2 heterocycles. The summed E-state index contributed by atoms with van der Waals surface area (Å²) >= 11 is 0. The number of carbonyl (C=O) groups is 1. The van der Waals surface area contributed by atoms with Crippen molar-refractivity contribution in [3.05, 3.63) is 38.8 Å². The molecule has 1 fully saturated rings. The number of halogens is 1. The molecule has 0 spiro atoms. The van der Waals surface area contributed by atoms with E-state index in [2.05, 4.69) is 5.32 Å². The topological polar surface area (TPSA) is 91.6 Å². The van der Waals surface area contributed by atoms with Crippen LogP contribution in [0, 0.1) is 5.82 Å². The third kappa shape index (κ3) is 4.56. The van der Waals surface area contributed by atoms with Gasteiger partial charge in [-0.05, 0) is 53.5 Å². The molecule has 1 aromatic carbocycles. The summed E-state index contributed by atoms with van der Waals surface area (Å²) in [6.45, 7) is 9.36. The van der Waals surface area contributed by atoms with Gasteiger partial charge in [-0.3, -0.25) is 19.2 Å². The molecule has 30 heavy (non-hydrogen) atoms. The Morgan fingerprint density at radius 2 is 2.03 bits per heavy atom. The molecule has 0 bridgehead atoms. The fraction of sp³-hybridized carbons (Fsp3) is 0.571. The number of fused-ring (bicyclic) bond motifs is 1. The number of carbonyl (C=O) groups excluding carboxylic acids is 1. The first-order valence-electron chi connectivity index (χ1n) is 10.1. The van der Waals surface area contributed by atoms with Crippen LogP contribution < -0.4 is 16.6 Å². The first kappa shape index (κ1) is 22.0. The summed E-state index contributed by atoms with van der Waals surface area (Å²) in [5, 5.41) is 2.48. The largest absolute Gasteiger partial charge is 0.444 e. The average molecular weight is 421 g/mol. The molecule has 3 rings (SSSR count). The summed E-state index contributed by atoms with van der Waals surface area (Å²) in [4.78, 5) is 38.2. The number of hydrogen-bond donors (Lipinski definition) is 1. The summed E-state index contributed by atoms with van der Waals surface area (Å²) in [5.41, 5.74) is -1.83. The van der Waals surface area contributed by atoms with E-state index < -0.39 is 28.8 Å². The van der Waals surface area contributed by atoms with Crippen LogP contribution in [0.3, 0.4) is 0 Å². The molecule has 1 saturated heterocycles. The van der Waals surface area contributed by atoms with Crippen molar-refractivity contribution in [2.24, 2.45) is 0 Å². The van der Waals surface area contributed by atoms with Crippen LogP contribution in [0.25, 0.3) is 10.9 Å². The van der Waals surface area contributed by atoms with Gasteiger partial charge in [0.2, 0.25) is 0 Å². The van der Waals surface area contributed by atoms with Gasteiger partial charge in [0.15, 0.2) is 0 Å². The summed E-state index contributed by atoms with van der Waals surface area (Å²) in [7, 11) is 0. The summed E-state index contributed by atoms with van der Waals surface area (Å²) in [5.74, 6) is -0.765. The highest BCUT2D eigenvalue weighted by molar-refractivity contribution is 5.90. The Labute approximate surface area is 173 Å². The maximum Gasteiger partial charge on any atom is 0.412 e. The van der Waals surface area contributed by atoms with Gasteiger partial charge < -0.3 is 9.47 Å². The van der Waals surface area contributed by atoms with Crippen LogP contribution in [-0.2, 0) is 16.0 Å². The molecule has 1 aliphatic rings. The third-order valence-corrected chi connectivity index (χ3v) is 4.82. The van der Waals surface area contributed by atoms with Crippen molar-refractivity contribution in [3.63, 3.8) is 0 Å². The second kappa shape index (κ2) is 8.22. The zero-order valence-corrected chi connectivity index (χ0v) is 18.0. The number of anilines is 1. The van der Waals surface area contributed by atoms with E-state index in [1.807, 2.05) is 0 Å². The molecule has 0 aliphatic carbocycles. The summed E-state index contributed by atoms with van der Waals surface area (Å²) in [6, 6.07) is 2.04. The predicted octanol–water partition coefficient (Wildman–Crippen LogP) is 3.41. The van der Waals surface area contributed by atoms with Crippen molar-refractivity contribution in [2.45, 2.75) is 71.8 Å². The molecule has 9 heteroatoms. The zero-order chi connectivity index (χ0) is 22.2. The standard InChI is InChI=1S/C21H28FN3O5/c1-12(2)25-17-10-15(22)16(23-19(27)30-21(3,4)5)9-14(17)18(26)24(20(25)28)11-13-7-6-8-29-13/h9-10,12-13H,6-8,11H2,1-5H3,(H,23,27)/t13-/m0/s1. The molecule has 0 radical (unpaired) electrons. The smallest absolute Gasteiger partial charge is 0.412 e. The number of nitrogens with zero attached hydrogens (tertiary/aromatic N) is 2. The SMILES string of the molecule is CC(C)n1c(=O)n(C[C@@H]2CCCO2)c(=O)c2cc(NC(=O)OC(C)(C)C)c(F)cc21. The first-order valence-corrected chi connectivity index (χ1v) is 10.1. The van der Waals surface area contributed by atoms with Crippen molar-refractivity contribution in [1.29, 1.82) is 0 Å². The number of nitrogens with one attached hydrogen (secondary N) is 1. The maximum absolute atomic E-state index is 14.7. The van der Waals surface area contributed by atoms with Gasteiger partial charge in [0.25, 0.3) is 5.56 Å². The fourth-order valence-electron chi connectivity index (χ4n) is 3.56. The van der Waals surface area contributed by atoms with Crippen LogP contribution in [0.1, 0.15) is 53.5 Å². The van der Waals surface area contributed by atoms with Gasteiger partial charge in [-0.1, -0.05) is 0 Å². The number of hydrogen-bond acceptors (Lipinski definition) is 5. The molecular weight excluding hydrogens is 393 g/mol. The molecule has 8 nitrogen and oxygen atoms in total. The normalized spacial score (nSPS) is 17.0. The van der Waals surface area contributed by atoms with Gasteiger partial charge in [0, 0.05) is 18.7 Å². The number of rotatable bonds is 4. The number of aromatic nitrogens is 2. The van der Waals surface area contributed by atoms with Crippen molar-refractivity contribution in [1.82, 2.24) is 9.13 Å². The van der Waals surface area contributed by atoms with Crippen LogP contribution >= 0.6 is 0 Å². The van der Waals surface area contributed by atoms with E-state index in [0.29, 0.717) is 6.61 Å². The monoisotopic (exact) mass is 421 g/mol. The molecule has 0 saturated carbocycles. The van der Waals surface area contributed by atoms with Crippen molar-refractivity contribution < 1.29 is 18.7 Å². The van der Waals surface area contributed by atoms with E-state index in [4.69, 9.17) is 9.47 Å². The maximum atomic E-state index is 14.7. The molecule has 1 N–H and O–H groups in total. The lowest BCUT2D eigenvalue weighted by Gasteiger charge is -2.21. The molecule has 1 amide bonds. The van der Waals surface area contributed by atoms with Gasteiger partial charge in [-0.15, -0.1) is 0 Å². The average Bonchev–Trinajstić information content (AvgIpc) is 3.11. The van der Waals surface area contributed by atoms with Crippen LogP contribution in [0.4, 0.5) is 14.9 Å². The van der Waals surface area contributed by atoms with Crippen LogP contribution in [0.15, 0.2) is 21.7 Å². The van der Waals surface area contributed by atoms with Gasteiger partial charge >= 0.3 is 11.8 Å². The Hall–Kier alpha value is -2.68. The Bertz CT molecular complexity index is 1080. The van der Waals surface area contributed by atoms with Crippen molar-refractivity contribution in [2.75, 3.05) is 11.9 Å².